The van der Waals surface area contributed by atoms with Crippen molar-refractivity contribution >= 4 is 0 Å². The lowest BCUT2D eigenvalue weighted by atomic mass is 9.76. The van der Waals surface area contributed by atoms with Gasteiger partial charge >= 0.3 is 0 Å². The van der Waals surface area contributed by atoms with Crippen molar-refractivity contribution < 1.29 is 5.11 Å². The molecule has 1 saturated heterocycles. The van der Waals surface area contributed by atoms with Crippen molar-refractivity contribution in [3.8, 4) is 0 Å². The summed E-state index contributed by atoms with van der Waals surface area (Å²) in [4.78, 5) is 2.51. The highest BCUT2D eigenvalue weighted by Crippen LogP contribution is 2.57. The Bertz CT molecular complexity index is 1300. The van der Waals surface area contributed by atoms with Gasteiger partial charge in [0.1, 0.15) is 5.60 Å². The second kappa shape index (κ2) is 9.48. The zero-order valence-electron chi connectivity index (χ0n) is 21.0. The van der Waals surface area contributed by atoms with Crippen molar-refractivity contribution in [1.29, 1.82) is 0 Å². The average Bonchev–Trinajstić information content (AvgIpc) is 3.67. The molecule has 1 aliphatic rings. The van der Waals surface area contributed by atoms with Gasteiger partial charge in [-0.25, -0.2) is 0 Å². The van der Waals surface area contributed by atoms with Crippen molar-refractivity contribution in [3.05, 3.63) is 179 Å². The van der Waals surface area contributed by atoms with Gasteiger partial charge in [0.25, 0.3) is 0 Å². The van der Waals surface area contributed by atoms with Crippen molar-refractivity contribution in [3.63, 3.8) is 0 Å². The van der Waals surface area contributed by atoms with Crippen LogP contribution in [0.5, 0.6) is 0 Å². The molecule has 1 unspecified atom stereocenters. The summed E-state index contributed by atoms with van der Waals surface area (Å²) in [5.41, 5.74) is 3.60. The standard InChI is InChI=1S/C35H31NO/c1-27-33(35(37,31-23-13-5-14-24-31)32-25-15-6-16-26-32)36(27)34(28-17-7-2-8-18-28,29-19-9-3-10-20-29)30-21-11-4-12-22-30/h2-27,33,37H,1H3/t27-,33-,36?/m0/s1. The van der Waals surface area contributed by atoms with Crippen molar-refractivity contribution in [1.82, 2.24) is 4.90 Å². The van der Waals surface area contributed by atoms with Crippen LogP contribution in [-0.2, 0) is 11.1 Å². The molecule has 1 aliphatic heterocycles. The number of nitrogens with zero attached hydrogens (tertiary/aromatic N) is 1. The average molecular weight is 482 g/mol. The molecule has 1 heterocycles. The first-order chi connectivity index (χ1) is 18.2. The van der Waals surface area contributed by atoms with Gasteiger partial charge < -0.3 is 5.11 Å². The van der Waals surface area contributed by atoms with Crippen LogP contribution in [0.4, 0.5) is 0 Å². The molecule has 0 bridgehead atoms. The third-order valence-corrected chi connectivity index (χ3v) is 7.92. The smallest absolute Gasteiger partial charge is 0.132 e. The van der Waals surface area contributed by atoms with E-state index in [0.717, 1.165) is 11.1 Å². The summed E-state index contributed by atoms with van der Waals surface area (Å²) in [6.07, 6.45) is 0. The Hall–Kier alpha value is -3.98. The van der Waals surface area contributed by atoms with Gasteiger partial charge in [-0.2, -0.15) is 0 Å². The van der Waals surface area contributed by atoms with Crippen molar-refractivity contribution in [2.75, 3.05) is 0 Å². The van der Waals surface area contributed by atoms with Crippen LogP contribution in [0.1, 0.15) is 34.7 Å². The van der Waals surface area contributed by atoms with Crippen LogP contribution in [0.2, 0.25) is 0 Å². The Labute approximate surface area is 219 Å². The molecule has 5 aromatic rings. The molecule has 182 valence electrons. The molecule has 0 radical (unpaired) electrons. The highest BCUT2D eigenvalue weighted by molar-refractivity contribution is 5.54. The van der Waals surface area contributed by atoms with E-state index in [1.165, 1.54) is 16.7 Å². The molecule has 2 nitrogen and oxygen atoms in total. The molecule has 0 aromatic heterocycles. The lowest BCUT2D eigenvalue weighted by Gasteiger charge is -2.40. The molecular formula is C35H31NO. The maximum Gasteiger partial charge on any atom is 0.132 e. The van der Waals surface area contributed by atoms with E-state index < -0.39 is 11.1 Å². The normalized spacial score (nSPS) is 19.4. The molecule has 1 fully saturated rings. The Morgan fingerprint density at radius 3 is 1.03 bits per heavy atom. The Kier molecular flexibility index (Phi) is 6.00. The van der Waals surface area contributed by atoms with Crippen LogP contribution in [-0.4, -0.2) is 22.1 Å². The first-order valence-corrected chi connectivity index (χ1v) is 13.0. The van der Waals surface area contributed by atoms with Gasteiger partial charge in [-0.15, -0.1) is 0 Å². The van der Waals surface area contributed by atoms with Gasteiger partial charge in [0.15, 0.2) is 0 Å². The van der Waals surface area contributed by atoms with E-state index in [0.29, 0.717) is 0 Å². The molecule has 1 N–H and O–H groups in total. The summed E-state index contributed by atoms with van der Waals surface area (Å²) < 4.78 is 0. The zero-order chi connectivity index (χ0) is 25.3. The fourth-order valence-electron chi connectivity index (χ4n) is 6.29. The largest absolute Gasteiger partial charge is 0.379 e. The molecule has 2 heteroatoms. The van der Waals surface area contributed by atoms with Crippen LogP contribution in [0.3, 0.4) is 0 Å². The minimum atomic E-state index is -1.19. The molecule has 37 heavy (non-hydrogen) atoms. The van der Waals surface area contributed by atoms with Gasteiger partial charge in [0.05, 0.1) is 11.6 Å². The lowest BCUT2D eigenvalue weighted by Crippen LogP contribution is -2.44. The molecule has 3 atom stereocenters. The number of hydrogen-bond donors (Lipinski definition) is 1. The lowest BCUT2D eigenvalue weighted by molar-refractivity contribution is 0.0549. The van der Waals surface area contributed by atoms with E-state index in [4.69, 9.17) is 0 Å². The van der Waals surface area contributed by atoms with E-state index in [1.54, 1.807) is 0 Å². The van der Waals surface area contributed by atoms with Crippen LogP contribution >= 0.6 is 0 Å². The highest BCUT2D eigenvalue weighted by Gasteiger charge is 2.66. The predicted molar refractivity (Wildman–Crippen MR) is 150 cm³/mol. The minimum absolute atomic E-state index is 0.103. The Balaban J connectivity index is 1.63. The molecule has 6 rings (SSSR count). The summed E-state index contributed by atoms with van der Waals surface area (Å²) in [5.74, 6) is 0. The third kappa shape index (κ3) is 3.72. The molecule has 0 spiro atoms. The van der Waals surface area contributed by atoms with E-state index in [-0.39, 0.29) is 12.1 Å². The molecule has 0 aliphatic carbocycles. The quantitative estimate of drug-likeness (QED) is 0.200. The summed E-state index contributed by atoms with van der Waals surface area (Å²) in [5, 5.41) is 12.8. The summed E-state index contributed by atoms with van der Waals surface area (Å²) in [6, 6.07) is 52.4. The molecular weight excluding hydrogens is 450 g/mol. The molecule has 0 amide bonds. The van der Waals surface area contributed by atoms with Gasteiger partial charge in [-0.1, -0.05) is 152 Å². The van der Waals surface area contributed by atoms with Crippen molar-refractivity contribution in [2.24, 2.45) is 0 Å². The first kappa shape index (κ1) is 23.4. The maximum absolute atomic E-state index is 12.8. The van der Waals surface area contributed by atoms with Gasteiger partial charge in [-0.05, 0) is 34.7 Å². The third-order valence-electron chi connectivity index (χ3n) is 7.92. The number of hydrogen-bond acceptors (Lipinski definition) is 2. The van der Waals surface area contributed by atoms with Gasteiger partial charge in [0.2, 0.25) is 0 Å². The van der Waals surface area contributed by atoms with Crippen molar-refractivity contribution in [2.45, 2.75) is 30.1 Å². The van der Waals surface area contributed by atoms with Crippen LogP contribution < -0.4 is 0 Å². The fraction of sp³-hybridized carbons (Fsp3) is 0.143. The summed E-state index contributed by atoms with van der Waals surface area (Å²) in [6.45, 7) is 2.24. The number of rotatable bonds is 7. The van der Waals surface area contributed by atoms with E-state index in [1.807, 2.05) is 60.7 Å². The SMILES string of the molecule is C[C@H]1[C@@H](C(O)(c2ccccc2)c2ccccc2)N1C(c1ccccc1)(c1ccccc1)c1ccccc1. The fourth-order valence-corrected chi connectivity index (χ4v) is 6.29. The Morgan fingerprint density at radius 1 is 0.459 bits per heavy atom. The number of aliphatic hydroxyl groups is 1. The van der Waals surface area contributed by atoms with Crippen LogP contribution in [0, 0.1) is 0 Å². The first-order valence-electron chi connectivity index (χ1n) is 13.0. The molecule has 5 aromatic carbocycles. The van der Waals surface area contributed by atoms with Gasteiger partial charge in [-0.3, -0.25) is 4.90 Å². The van der Waals surface area contributed by atoms with E-state index in [9.17, 15) is 5.11 Å². The minimum Gasteiger partial charge on any atom is -0.379 e. The summed E-state index contributed by atoms with van der Waals surface area (Å²) >= 11 is 0. The zero-order valence-corrected chi connectivity index (χ0v) is 21.0. The maximum atomic E-state index is 12.8. The number of benzene rings is 5. The van der Waals surface area contributed by atoms with Gasteiger partial charge in [0, 0.05) is 6.04 Å². The highest BCUT2D eigenvalue weighted by atomic mass is 16.3. The molecule has 0 saturated carbocycles. The van der Waals surface area contributed by atoms with E-state index >= 15 is 0 Å². The second-order valence-electron chi connectivity index (χ2n) is 9.90. The van der Waals surface area contributed by atoms with Crippen LogP contribution in [0.25, 0.3) is 0 Å². The monoisotopic (exact) mass is 481 g/mol. The summed E-state index contributed by atoms with van der Waals surface area (Å²) in [7, 11) is 0. The Morgan fingerprint density at radius 2 is 0.730 bits per heavy atom. The predicted octanol–water partition coefficient (Wildman–Crippen LogP) is 6.99. The second-order valence-corrected chi connectivity index (χ2v) is 9.90. The van der Waals surface area contributed by atoms with E-state index in [2.05, 4.69) is 103 Å². The van der Waals surface area contributed by atoms with Crippen LogP contribution in [0.15, 0.2) is 152 Å². The topological polar surface area (TPSA) is 23.2 Å².